The van der Waals surface area contributed by atoms with Crippen LogP contribution in [0.4, 0.5) is 5.69 Å². The molecule has 2 atom stereocenters. The highest BCUT2D eigenvalue weighted by Crippen LogP contribution is 2.34. The van der Waals surface area contributed by atoms with E-state index < -0.39 is 11.9 Å². The van der Waals surface area contributed by atoms with Crippen LogP contribution in [0.5, 0.6) is 0 Å². The summed E-state index contributed by atoms with van der Waals surface area (Å²) in [5, 5.41) is 13.3. The molecule has 0 bridgehead atoms. The van der Waals surface area contributed by atoms with Crippen molar-refractivity contribution in [3.63, 3.8) is 0 Å². The summed E-state index contributed by atoms with van der Waals surface area (Å²) in [4.78, 5) is 12.1. The fourth-order valence-electron chi connectivity index (χ4n) is 2.87. The molecule has 0 amide bonds. The summed E-state index contributed by atoms with van der Waals surface area (Å²) in [6, 6.07) is 28.4. The molecule has 0 aromatic heterocycles. The van der Waals surface area contributed by atoms with Gasteiger partial charge in [-0.05, 0) is 23.3 Å². The van der Waals surface area contributed by atoms with E-state index >= 15 is 0 Å². The normalized spacial score (nSPS) is 13.0. The van der Waals surface area contributed by atoms with Crippen LogP contribution in [0.2, 0.25) is 0 Å². The van der Waals surface area contributed by atoms with Crippen LogP contribution in [-0.2, 0) is 4.79 Å². The molecule has 3 rings (SSSR count). The number of hydrogen-bond donors (Lipinski definition) is 2. The van der Waals surface area contributed by atoms with Crippen molar-refractivity contribution in [2.75, 3.05) is 5.32 Å². The summed E-state index contributed by atoms with van der Waals surface area (Å²) in [6.07, 6.45) is 0. The van der Waals surface area contributed by atoms with Gasteiger partial charge in [-0.1, -0.05) is 78.9 Å². The smallest absolute Gasteiger partial charge is 0.313 e. The maximum atomic E-state index is 12.1. The summed E-state index contributed by atoms with van der Waals surface area (Å²) in [6.45, 7) is 0. The largest absolute Gasteiger partial charge is 0.481 e. The maximum absolute atomic E-state index is 12.1. The summed E-state index contributed by atoms with van der Waals surface area (Å²) in [5.41, 5.74) is 2.62. The van der Waals surface area contributed by atoms with Gasteiger partial charge < -0.3 is 10.4 Å². The lowest BCUT2D eigenvalue weighted by Crippen LogP contribution is -2.26. The predicted molar refractivity (Wildman–Crippen MR) is 96.1 cm³/mol. The lowest BCUT2D eigenvalue weighted by Gasteiger charge is -2.27. The van der Waals surface area contributed by atoms with E-state index in [0.717, 1.165) is 16.8 Å². The predicted octanol–water partition coefficient (Wildman–Crippen LogP) is 4.71. The number of carbonyl (C=O) groups is 1. The van der Waals surface area contributed by atoms with E-state index in [4.69, 9.17) is 0 Å². The SMILES string of the molecule is O=C(O)C(c1ccccc1)C(Nc1ccccc1)c1ccccc1. The molecule has 2 unspecified atom stereocenters. The van der Waals surface area contributed by atoms with Gasteiger partial charge in [0.2, 0.25) is 0 Å². The van der Waals surface area contributed by atoms with Gasteiger partial charge in [-0.2, -0.15) is 0 Å². The molecule has 0 radical (unpaired) electrons. The molecule has 0 aliphatic rings. The summed E-state index contributed by atoms with van der Waals surface area (Å²) < 4.78 is 0. The maximum Gasteiger partial charge on any atom is 0.313 e. The van der Waals surface area contributed by atoms with E-state index in [9.17, 15) is 9.90 Å². The van der Waals surface area contributed by atoms with E-state index in [-0.39, 0.29) is 6.04 Å². The zero-order valence-corrected chi connectivity index (χ0v) is 13.2. The number of carboxylic acid groups (broad SMARTS) is 1. The number of benzene rings is 3. The lowest BCUT2D eigenvalue weighted by molar-refractivity contribution is -0.139. The molecule has 0 spiro atoms. The molecule has 0 heterocycles. The topological polar surface area (TPSA) is 49.3 Å². The Morgan fingerprint density at radius 1 is 0.708 bits per heavy atom. The van der Waals surface area contributed by atoms with Crippen LogP contribution < -0.4 is 5.32 Å². The van der Waals surface area contributed by atoms with Crippen molar-refractivity contribution < 1.29 is 9.90 Å². The Morgan fingerprint density at radius 2 is 1.17 bits per heavy atom. The standard InChI is InChI=1S/C21H19NO2/c23-21(24)19(16-10-4-1-5-11-16)20(17-12-6-2-7-13-17)22-18-14-8-3-9-15-18/h1-15,19-20,22H,(H,23,24). The van der Waals surface area contributed by atoms with Crippen molar-refractivity contribution in [1.82, 2.24) is 0 Å². The minimum Gasteiger partial charge on any atom is -0.481 e. The highest BCUT2D eigenvalue weighted by Gasteiger charge is 2.31. The molecule has 3 aromatic carbocycles. The van der Waals surface area contributed by atoms with E-state index in [1.54, 1.807) is 0 Å². The first kappa shape index (κ1) is 15.8. The van der Waals surface area contributed by atoms with Gasteiger partial charge in [-0.15, -0.1) is 0 Å². The minimum absolute atomic E-state index is 0.367. The zero-order chi connectivity index (χ0) is 16.8. The third-order valence-corrected chi connectivity index (χ3v) is 4.01. The monoisotopic (exact) mass is 317 g/mol. The van der Waals surface area contributed by atoms with E-state index in [1.165, 1.54) is 0 Å². The van der Waals surface area contributed by atoms with Gasteiger partial charge in [-0.3, -0.25) is 4.79 Å². The van der Waals surface area contributed by atoms with E-state index in [2.05, 4.69) is 5.32 Å². The Labute approximate surface area is 141 Å². The van der Waals surface area contributed by atoms with Crippen LogP contribution in [0.15, 0.2) is 91.0 Å². The van der Waals surface area contributed by atoms with Crippen molar-refractivity contribution in [2.24, 2.45) is 0 Å². The van der Waals surface area contributed by atoms with E-state index in [1.807, 2.05) is 91.0 Å². The third kappa shape index (κ3) is 3.63. The second-order valence-corrected chi connectivity index (χ2v) is 5.63. The Hall–Kier alpha value is -3.07. The second kappa shape index (κ2) is 7.47. The summed E-state index contributed by atoms with van der Waals surface area (Å²) in [5.74, 6) is -1.53. The van der Waals surface area contributed by atoms with Gasteiger partial charge in [0.15, 0.2) is 0 Å². The molecule has 24 heavy (non-hydrogen) atoms. The van der Waals surface area contributed by atoms with Gasteiger partial charge in [0.25, 0.3) is 0 Å². The van der Waals surface area contributed by atoms with Crippen molar-refractivity contribution in [2.45, 2.75) is 12.0 Å². The molecule has 2 N–H and O–H groups in total. The van der Waals surface area contributed by atoms with Crippen LogP contribution in [0, 0.1) is 0 Å². The van der Waals surface area contributed by atoms with Crippen molar-refractivity contribution in [3.05, 3.63) is 102 Å². The third-order valence-electron chi connectivity index (χ3n) is 4.01. The summed E-state index contributed by atoms with van der Waals surface area (Å²) in [7, 11) is 0. The first-order valence-corrected chi connectivity index (χ1v) is 7.90. The molecule has 0 saturated carbocycles. The summed E-state index contributed by atoms with van der Waals surface area (Å²) >= 11 is 0. The Balaban J connectivity index is 2.03. The molecule has 3 nitrogen and oxygen atoms in total. The Kier molecular flexibility index (Phi) is 4.92. The second-order valence-electron chi connectivity index (χ2n) is 5.63. The van der Waals surface area contributed by atoms with Crippen LogP contribution >= 0.6 is 0 Å². The van der Waals surface area contributed by atoms with Gasteiger partial charge in [-0.25, -0.2) is 0 Å². The van der Waals surface area contributed by atoms with Crippen LogP contribution in [0.25, 0.3) is 0 Å². The quantitative estimate of drug-likeness (QED) is 0.692. The number of carboxylic acids is 1. The molecule has 3 aromatic rings. The molecule has 0 saturated heterocycles. The minimum atomic E-state index is -0.849. The van der Waals surface area contributed by atoms with E-state index in [0.29, 0.717) is 0 Å². The fourth-order valence-corrected chi connectivity index (χ4v) is 2.87. The lowest BCUT2D eigenvalue weighted by atomic mass is 9.87. The molecular formula is C21H19NO2. The number of anilines is 1. The number of aliphatic carboxylic acids is 1. The van der Waals surface area contributed by atoms with Crippen molar-refractivity contribution >= 4 is 11.7 Å². The number of nitrogens with one attached hydrogen (secondary N) is 1. The van der Waals surface area contributed by atoms with Gasteiger partial charge >= 0.3 is 5.97 Å². The zero-order valence-electron chi connectivity index (χ0n) is 13.2. The van der Waals surface area contributed by atoms with Gasteiger partial charge in [0.1, 0.15) is 5.92 Å². The first-order valence-electron chi connectivity index (χ1n) is 7.90. The highest BCUT2D eigenvalue weighted by molar-refractivity contribution is 5.78. The molecule has 0 aliphatic carbocycles. The van der Waals surface area contributed by atoms with Gasteiger partial charge in [0.05, 0.1) is 6.04 Å². The van der Waals surface area contributed by atoms with Crippen LogP contribution in [0.1, 0.15) is 23.1 Å². The first-order chi connectivity index (χ1) is 11.8. The van der Waals surface area contributed by atoms with Gasteiger partial charge in [0, 0.05) is 5.69 Å². The molecular weight excluding hydrogens is 298 g/mol. The number of para-hydroxylation sites is 1. The Bertz CT molecular complexity index is 773. The average molecular weight is 317 g/mol. The average Bonchev–Trinajstić information content (AvgIpc) is 2.63. The van der Waals surface area contributed by atoms with Crippen molar-refractivity contribution in [3.8, 4) is 0 Å². The van der Waals surface area contributed by atoms with Crippen LogP contribution in [-0.4, -0.2) is 11.1 Å². The Morgan fingerprint density at radius 3 is 1.67 bits per heavy atom. The fraction of sp³-hybridized carbons (Fsp3) is 0.0952. The van der Waals surface area contributed by atoms with Crippen molar-refractivity contribution in [1.29, 1.82) is 0 Å². The molecule has 120 valence electrons. The molecule has 3 heteroatoms. The highest BCUT2D eigenvalue weighted by atomic mass is 16.4. The molecule has 0 aliphatic heterocycles. The van der Waals surface area contributed by atoms with Crippen LogP contribution in [0.3, 0.4) is 0 Å². The number of rotatable bonds is 6. The number of hydrogen-bond acceptors (Lipinski definition) is 2. The molecule has 0 fully saturated rings.